The van der Waals surface area contributed by atoms with Gasteiger partial charge in [0.15, 0.2) is 0 Å². The highest BCUT2D eigenvalue weighted by atomic mass is 19.1. The van der Waals surface area contributed by atoms with E-state index in [2.05, 4.69) is 10.6 Å². The number of hydrogen-bond acceptors (Lipinski definition) is 3. The number of amides is 1. The van der Waals surface area contributed by atoms with Crippen molar-refractivity contribution in [2.75, 3.05) is 7.11 Å². The number of hydrogen-bond donors (Lipinski definition) is 2. The van der Waals surface area contributed by atoms with E-state index < -0.39 is 6.04 Å². The average molecular weight is 320 g/mol. The number of piperidine rings is 1. The Morgan fingerprint density at radius 3 is 2.74 bits per heavy atom. The number of fused-ring (bicyclic) bond motifs is 2. The van der Waals surface area contributed by atoms with E-state index in [1.165, 1.54) is 26.0 Å². The van der Waals surface area contributed by atoms with Crippen molar-refractivity contribution in [1.29, 1.82) is 0 Å². The van der Waals surface area contributed by atoms with Gasteiger partial charge in [-0.25, -0.2) is 4.39 Å². The normalized spacial score (nSPS) is 27.5. The first-order valence-electron chi connectivity index (χ1n) is 8.44. The lowest BCUT2D eigenvalue weighted by atomic mass is 9.89. The fourth-order valence-corrected chi connectivity index (χ4v) is 4.09. The molecule has 1 aromatic carbocycles. The Labute approximate surface area is 136 Å². The zero-order valence-electron chi connectivity index (χ0n) is 13.8. The van der Waals surface area contributed by atoms with E-state index in [1.807, 2.05) is 0 Å². The molecule has 0 spiro atoms. The molecule has 0 aliphatic carbocycles. The second-order valence-electron chi connectivity index (χ2n) is 6.82. The number of methoxy groups -OCH3 is 1. The van der Waals surface area contributed by atoms with Crippen molar-refractivity contribution in [1.82, 2.24) is 10.6 Å². The van der Waals surface area contributed by atoms with E-state index >= 15 is 0 Å². The Morgan fingerprint density at radius 2 is 2.09 bits per heavy atom. The van der Waals surface area contributed by atoms with Gasteiger partial charge in [-0.3, -0.25) is 4.79 Å². The minimum absolute atomic E-state index is 0.00546. The van der Waals surface area contributed by atoms with Crippen LogP contribution in [0.2, 0.25) is 0 Å². The quantitative estimate of drug-likeness (QED) is 0.877. The van der Waals surface area contributed by atoms with Gasteiger partial charge in [-0.05, 0) is 50.7 Å². The third-order valence-electron chi connectivity index (χ3n) is 5.09. The van der Waals surface area contributed by atoms with Crippen LogP contribution in [0.4, 0.5) is 4.39 Å². The smallest absolute Gasteiger partial charge is 0.220 e. The summed E-state index contributed by atoms with van der Waals surface area (Å²) < 4.78 is 19.3. The molecule has 3 unspecified atom stereocenters. The fraction of sp³-hybridized carbons (Fsp3) is 0.611. The summed E-state index contributed by atoms with van der Waals surface area (Å²) in [6, 6.07) is 5.47. The minimum Gasteiger partial charge on any atom is -0.496 e. The molecule has 0 aromatic heterocycles. The molecule has 2 N–H and O–H groups in total. The molecular formula is C18H25FN2O2. The molecule has 2 bridgehead atoms. The van der Waals surface area contributed by atoms with Crippen LogP contribution in [0.15, 0.2) is 18.2 Å². The zero-order valence-corrected chi connectivity index (χ0v) is 13.8. The number of carbonyl (C=O) groups is 1. The van der Waals surface area contributed by atoms with Crippen LogP contribution in [0.3, 0.4) is 0 Å². The lowest BCUT2D eigenvalue weighted by Crippen LogP contribution is -2.40. The molecule has 3 atom stereocenters. The molecular weight excluding hydrogens is 295 g/mol. The van der Waals surface area contributed by atoms with Gasteiger partial charge in [-0.15, -0.1) is 0 Å². The molecule has 0 saturated carbocycles. The maximum Gasteiger partial charge on any atom is 0.220 e. The summed E-state index contributed by atoms with van der Waals surface area (Å²) in [5, 5.41) is 6.51. The van der Waals surface area contributed by atoms with Gasteiger partial charge >= 0.3 is 0 Å². The third-order valence-corrected chi connectivity index (χ3v) is 5.09. The molecule has 2 fully saturated rings. The second-order valence-corrected chi connectivity index (χ2v) is 6.82. The summed E-state index contributed by atoms with van der Waals surface area (Å²) >= 11 is 0. The third kappa shape index (κ3) is 3.66. The lowest BCUT2D eigenvalue weighted by Gasteiger charge is -2.29. The predicted octanol–water partition coefficient (Wildman–Crippen LogP) is 2.93. The van der Waals surface area contributed by atoms with Gasteiger partial charge in [0.2, 0.25) is 5.91 Å². The summed E-state index contributed by atoms with van der Waals surface area (Å²) in [4.78, 5) is 12.3. The van der Waals surface area contributed by atoms with E-state index in [1.54, 1.807) is 19.1 Å². The van der Waals surface area contributed by atoms with Crippen LogP contribution >= 0.6 is 0 Å². The van der Waals surface area contributed by atoms with E-state index in [9.17, 15) is 9.18 Å². The van der Waals surface area contributed by atoms with Gasteiger partial charge in [-0.1, -0.05) is 6.07 Å². The molecule has 0 radical (unpaired) electrons. The van der Waals surface area contributed by atoms with Gasteiger partial charge in [-0.2, -0.15) is 0 Å². The first-order valence-corrected chi connectivity index (χ1v) is 8.44. The molecule has 5 heteroatoms. The molecule has 1 aromatic rings. The Balaban J connectivity index is 1.59. The summed E-state index contributed by atoms with van der Waals surface area (Å²) in [6.45, 7) is 1.80. The fourth-order valence-electron chi connectivity index (χ4n) is 4.09. The molecule has 2 aliphatic rings. The maximum atomic E-state index is 14.1. The van der Waals surface area contributed by atoms with Crippen molar-refractivity contribution in [2.24, 2.45) is 5.92 Å². The highest BCUT2D eigenvalue weighted by Crippen LogP contribution is 2.33. The number of halogens is 1. The molecule has 23 heavy (non-hydrogen) atoms. The minimum atomic E-state index is -0.405. The summed E-state index contributed by atoms with van der Waals surface area (Å²) in [5.74, 6) is 0.548. The highest BCUT2D eigenvalue weighted by molar-refractivity contribution is 5.76. The largest absolute Gasteiger partial charge is 0.496 e. The maximum absolute atomic E-state index is 14.1. The Bertz CT molecular complexity index is 566. The predicted molar refractivity (Wildman–Crippen MR) is 86.8 cm³/mol. The van der Waals surface area contributed by atoms with E-state index in [4.69, 9.17) is 4.74 Å². The van der Waals surface area contributed by atoms with E-state index in [0.717, 1.165) is 12.8 Å². The molecule has 1 amide bonds. The van der Waals surface area contributed by atoms with Gasteiger partial charge in [0, 0.05) is 18.5 Å². The van der Waals surface area contributed by atoms with Crippen molar-refractivity contribution in [3.05, 3.63) is 29.6 Å². The van der Waals surface area contributed by atoms with Crippen LogP contribution in [0.5, 0.6) is 5.75 Å². The second kappa shape index (κ2) is 6.87. The van der Waals surface area contributed by atoms with Crippen LogP contribution in [0.25, 0.3) is 0 Å². The molecule has 4 nitrogen and oxygen atoms in total. The van der Waals surface area contributed by atoms with Crippen LogP contribution in [0, 0.1) is 11.7 Å². The monoisotopic (exact) mass is 320 g/mol. The van der Waals surface area contributed by atoms with E-state index in [-0.39, 0.29) is 11.7 Å². The van der Waals surface area contributed by atoms with Crippen molar-refractivity contribution in [3.63, 3.8) is 0 Å². The SMILES string of the molecule is COc1cccc(F)c1C(C)NC(=O)CC1CC2CCC(C1)N2. The number of rotatable bonds is 5. The van der Waals surface area contributed by atoms with Crippen molar-refractivity contribution >= 4 is 5.91 Å². The molecule has 126 valence electrons. The first-order chi connectivity index (χ1) is 11.1. The number of carbonyl (C=O) groups excluding carboxylic acids is 1. The molecule has 2 saturated heterocycles. The molecule has 2 aliphatic heterocycles. The van der Waals surface area contributed by atoms with Gasteiger partial charge in [0.1, 0.15) is 11.6 Å². The van der Waals surface area contributed by atoms with Crippen LogP contribution in [0.1, 0.15) is 50.6 Å². The van der Waals surface area contributed by atoms with Crippen LogP contribution < -0.4 is 15.4 Å². The van der Waals surface area contributed by atoms with Gasteiger partial charge in [0.25, 0.3) is 0 Å². The molecule has 2 heterocycles. The Kier molecular flexibility index (Phi) is 4.85. The number of benzene rings is 1. The summed E-state index contributed by atoms with van der Waals surface area (Å²) in [5.41, 5.74) is 0.411. The van der Waals surface area contributed by atoms with Crippen molar-refractivity contribution in [3.8, 4) is 5.75 Å². The summed E-state index contributed by atoms with van der Waals surface area (Å²) in [6.07, 6.45) is 5.12. The van der Waals surface area contributed by atoms with Crippen LogP contribution in [-0.4, -0.2) is 25.1 Å². The average Bonchev–Trinajstić information content (AvgIpc) is 2.85. The first kappa shape index (κ1) is 16.2. The zero-order chi connectivity index (χ0) is 16.4. The summed E-state index contributed by atoms with van der Waals surface area (Å²) in [7, 11) is 1.51. The van der Waals surface area contributed by atoms with Crippen molar-refractivity contribution in [2.45, 2.75) is 57.2 Å². The van der Waals surface area contributed by atoms with Crippen molar-refractivity contribution < 1.29 is 13.9 Å². The number of nitrogens with one attached hydrogen (secondary N) is 2. The van der Waals surface area contributed by atoms with Crippen LogP contribution in [-0.2, 0) is 4.79 Å². The lowest BCUT2D eigenvalue weighted by molar-refractivity contribution is -0.122. The standard InChI is InChI=1S/C18H25FN2O2/c1-11(18-15(19)4-3-5-16(18)23-2)20-17(22)10-12-8-13-6-7-14(9-12)21-13/h3-5,11-14,21H,6-10H2,1-2H3,(H,20,22). The highest BCUT2D eigenvalue weighted by Gasteiger charge is 2.34. The topological polar surface area (TPSA) is 50.4 Å². The van der Waals surface area contributed by atoms with Gasteiger partial charge < -0.3 is 15.4 Å². The molecule has 3 rings (SSSR count). The Morgan fingerprint density at radius 1 is 1.39 bits per heavy atom. The number of ether oxygens (including phenoxy) is 1. The van der Waals surface area contributed by atoms with Gasteiger partial charge in [0.05, 0.1) is 18.7 Å². The Hall–Kier alpha value is -1.62. The van der Waals surface area contributed by atoms with E-state index in [0.29, 0.717) is 35.7 Å².